The van der Waals surface area contributed by atoms with Crippen LogP contribution in [0.4, 0.5) is 11.5 Å². The Labute approximate surface area is 141 Å². The molecule has 0 aliphatic carbocycles. The Balaban J connectivity index is 1.79. The van der Waals surface area contributed by atoms with E-state index in [0.717, 1.165) is 31.7 Å². The zero-order chi connectivity index (χ0) is 16.9. The molecular formula is C18H22N4O2. The molecule has 1 amide bonds. The van der Waals surface area contributed by atoms with Crippen LogP contribution in [0.25, 0.3) is 0 Å². The molecule has 6 nitrogen and oxygen atoms in total. The van der Waals surface area contributed by atoms with Crippen molar-refractivity contribution in [2.24, 2.45) is 0 Å². The monoisotopic (exact) mass is 326 g/mol. The van der Waals surface area contributed by atoms with E-state index in [2.05, 4.69) is 20.2 Å². The van der Waals surface area contributed by atoms with Crippen LogP contribution in [0, 0.1) is 6.92 Å². The summed E-state index contributed by atoms with van der Waals surface area (Å²) in [5, 5.41) is 2.86. The van der Waals surface area contributed by atoms with Gasteiger partial charge in [-0.15, -0.1) is 0 Å². The molecule has 1 saturated heterocycles. The number of aromatic nitrogens is 2. The molecule has 1 aromatic heterocycles. The first kappa shape index (κ1) is 16.2. The number of nitrogens with one attached hydrogen (secondary N) is 1. The maximum Gasteiger partial charge on any atom is 0.274 e. The molecule has 2 heterocycles. The Morgan fingerprint density at radius 3 is 2.71 bits per heavy atom. The van der Waals surface area contributed by atoms with E-state index in [4.69, 9.17) is 4.74 Å². The van der Waals surface area contributed by atoms with Gasteiger partial charge in [0.15, 0.2) is 0 Å². The van der Waals surface area contributed by atoms with Gasteiger partial charge in [0, 0.05) is 30.9 Å². The second-order valence-electron chi connectivity index (χ2n) is 5.89. The third-order valence-electron chi connectivity index (χ3n) is 4.06. The highest BCUT2D eigenvalue weighted by molar-refractivity contribution is 6.03. The summed E-state index contributed by atoms with van der Waals surface area (Å²) in [6, 6.07) is 9.03. The first-order valence-corrected chi connectivity index (χ1v) is 8.22. The van der Waals surface area contributed by atoms with Crippen LogP contribution in [0.1, 0.15) is 35.6 Å². The molecule has 1 N–H and O–H groups in total. The number of ether oxygens (including phenoxy) is 1. The molecule has 6 heteroatoms. The normalized spacial score (nSPS) is 14.3. The van der Waals surface area contributed by atoms with Gasteiger partial charge in [-0.3, -0.25) is 4.79 Å². The molecule has 1 aliphatic heterocycles. The van der Waals surface area contributed by atoms with Gasteiger partial charge in [0.2, 0.25) is 0 Å². The summed E-state index contributed by atoms with van der Waals surface area (Å²) >= 11 is 0. The summed E-state index contributed by atoms with van der Waals surface area (Å²) in [5.41, 5.74) is 1.06. The number of hydrogen-bond acceptors (Lipinski definition) is 5. The number of methoxy groups -OCH3 is 1. The van der Waals surface area contributed by atoms with Crippen molar-refractivity contribution in [1.82, 2.24) is 9.97 Å². The summed E-state index contributed by atoms with van der Waals surface area (Å²) in [6.45, 7) is 3.77. The molecule has 3 rings (SSSR count). The van der Waals surface area contributed by atoms with Crippen molar-refractivity contribution in [3.05, 3.63) is 41.9 Å². The lowest BCUT2D eigenvalue weighted by Gasteiger charge is -2.28. The van der Waals surface area contributed by atoms with Gasteiger partial charge in [-0.1, -0.05) is 6.07 Å². The van der Waals surface area contributed by atoms with Crippen molar-refractivity contribution in [1.29, 1.82) is 0 Å². The first-order valence-electron chi connectivity index (χ1n) is 8.22. The molecule has 0 spiro atoms. The molecule has 0 unspecified atom stereocenters. The summed E-state index contributed by atoms with van der Waals surface area (Å²) in [7, 11) is 1.60. The molecule has 2 aromatic rings. The minimum absolute atomic E-state index is 0.244. The lowest BCUT2D eigenvalue weighted by Crippen LogP contribution is -2.31. The Kier molecular flexibility index (Phi) is 4.93. The average molecular weight is 326 g/mol. The summed E-state index contributed by atoms with van der Waals surface area (Å²) < 4.78 is 5.18. The van der Waals surface area contributed by atoms with E-state index in [-0.39, 0.29) is 5.91 Å². The number of rotatable bonds is 4. The maximum absolute atomic E-state index is 12.5. The van der Waals surface area contributed by atoms with E-state index >= 15 is 0 Å². The van der Waals surface area contributed by atoms with E-state index in [1.807, 2.05) is 25.1 Å². The predicted molar refractivity (Wildman–Crippen MR) is 93.8 cm³/mol. The number of hydrogen-bond donors (Lipinski definition) is 1. The molecule has 0 radical (unpaired) electrons. The lowest BCUT2D eigenvalue weighted by molar-refractivity contribution is 0.102. The molecule has 0 atom stereocenters. The number of nitrogens with zero attached hydrogens (tertiary/aromatic N) is 3. The molecule has 0 bridgehead atoms. The number of anilines is 2. The molecule has 1 aliphatic rings. The van der Waals surface area contributed by atoms with E-state index in [1.54, 1.807) is 19.2 Å². The summed E-state index contributed by atoms with van der Waals surface area (Å²) in [4.78, 5) is 23.5. The molecule has 1 fully saturated rings. The average Bonchev–Trinajstić information content (AvgIpc) is 2.62. The second-order valence-corrected chi connectivity index (χ2v) is 5.89. The van der Waals surface area contributed by atoms with Gasteiger partial charge in [0.05, 0.1) is 7.11 Å². The lowest BCUT2D eigenvalue weighted by atomic mass is 10.1. The minimum Gasteiger partial charge on any atom is -0.497 e. The zero-order valence-electron chi connectivity index (χ0n) is 14.1. The topological polar surface area (TPSA) is 67.3 Å². The fourth-order valence-electron chi connectivity index (χ4n) is 2.85. The quantitative estimate of drug-likeness (QED) is 0.935. The highest BCUT2D eigenvalue weighted by atomic mass is 16.5. The van der Waals surface area contributed by atoms with E-state index < -0.39 is 0 Å². The highest BCUT2D eigenvalue weighted by Crippen LogP contribution is 2.20. The standard InChI is InChI=1S/C18H22N4O2/c1-13-19-16(12-17(20-13)22-9-4-3-5-10-22)18(23)21-14-7-6-8-15(11-14)24-2/h6-8,11-12H,3-5,9-10H2,1-2H3,(H,21,23). The Morgan fingerprint density at radius 2 is 1.96 bits per heavy atom. The van der Waals surface area contributed by atoms with Gasteiger partial charge < -0.3 is 15.0 Å². The van der Waals surface area contributed by atoms with Crippen LogP contribution in [0.3, 0.4) is 0 Å². The third-order valence-corrected chi connectivity index (χ3v) is 4.06. The van der Waals surface area contributed by atoms with Crippen molar-refractivity contribution in [2.45, 2.75) is 26.2 Å². The fourth-order valence-corrected chi connectivity index (χ4v) is 2.85. The van der Waals surface area contributed by atoms with Gasteiger partial charge >= 0.3 is 0 Å². The van der Waals surface area contributed by atoms with Crippen LogP contribution < -0.4 is 15.0 Å². The zero-order valence-corrected chi connectivity index (χ0v) is 14.1. The van der Waals surface area contributed by atoms with Crippen LogP contribution in [0.2, 0.25) is 0 Å². The van der Waals surface area contributed by atoms with Crippen LogP contribution in [-0.2, 0) is 0 Å². The number of carbonyl (C=O) groups excluding carboxylic acids is 1. The Hall–Kier alpha value is -2.63. The molecule has 24 heavy (non-hydrogen) atoms. The van der Waals surface area contributed by atoms with Crippen LogP contribution in [-0.4, -0.2) is 36.1 Å². The van der Waals surface area contributed by atoms with E-state index in [0.29, 0.717) is 23.0 Å². The van der Waals surface area contributed by atoms with Gasteiger partial charge in [-0.05, 0) is 38.3 Å². The molecule has 126 valence electrons. The highest BCUT2D eigenvalue weighted by Gasteiger charge is 2.16. The number of carbonyl (C=O) groups is 1. The number of benzene rings is 1. The Bertz CT molecular complexity index is 727. The number of amides is 1. The van der Waals surface area contributed by atoms with Crippen molar-refractivity contribution in [2.75, 3.05) is 30.4 Å². The van der Waals surface area contributed by atoms with E-state index in [9.17, 15) is 4.79 Å². The molecule has 0 saturated carbocycles. The first-order chi connectivity index (χ1) is 11.7. The van der Waals surface area contributed by atoms with Gasteiger partial charge in [0.25, 0.3) is 5.91 Å². The largest absolute Gasteiger partial charge is 0.497 e. The van der Waals surface area contributed by atoms with Crippen molar-refractivity contribution in [3.8, 4) is 5.75 Å². The molecular weight excluding hydrogens is 304 g/mol. The van der Waals surface area contributed by atoms with Gasteiger partial charge in [-0.25, -0.2) is 9.97 Å². The number of piperidine rings is 1. The second kappa shape index (κ2) is 7.29. The number of aryl methyl sites for hydroxylation is 1. The van der Waals surface area contributed by atoms with Crippen LogP contribution >= 0.6 is 0 Å². The van der Waals surface area contributed by atoms with Crippen molar-refractivity contribution < 1.29 is 9.53 Å². The van der Waals surface area contributed by atoms with Crippen LogP contribution in [0.5, 0.6) is 5.75 Å². The summed E-state index contributed by atoms with van der Waals surface area (Å²) in [6.07, 6.45) is 3.58. The smallest absolute Gasteiger partial charge is 0.274 e. The maximum atomic E-state index is 12.5. The van der Waals surface area contributed by atoms with Crippen molar-refractivity contribution in [3.63, 3.8) is 0 Å². The molecule has 1 aromatic carbocycles. The minimum atomic E-state index is -0.244. The van der Waals surface area contributed by atoms with Crippen molar-refractivity contribution >= 4 is 17.4 Å². The predicted octanol–water partition coefficient (Wildman–Crippen LogP) is 3.04. The SMILES string of the molecule is COc1cccc(NC(=O)c2cc(N3CCCCC3)nc(C)n2)c1. The third kappa shape index (κ3) is 3.82. The van der Waals surface area contributed by atoms with Gasteiger partial charge in [-0.2, -0.15) is 0 Å². The fraction of sp³-hybridized carbons (Fsp3) is 0.389. The van der Waals surface area contributed by atoms with Gasteiger partial charge in [0.1, 0.15) is 23.1 Å². The Morgan fingerprint density at radius 1 is 1.17 bits per heavy atom. The summed E-state index contributed by atoms with van der Waals surface area (Å²) in [5.74, 6) is 1.89. The van der Waals surface area contributed by atoms with Crippen LogP contribution in [0.15, 0.2) is 30.3 Å². The van der Waals surface area contributed by atoms with E-state index in [1.165, 1.54) is 6.42 Å².